The highest BCUT2D eigenvalue weighted by Crippen LogP contribution is 2.21. The Kier molecular flexibility index (Phi) is 4.62. The first-order chi connectivity index (χ1) is 7.58. The van der Waals surface area contributed by atoms with Crippen LogP contribution in [0.2, 0.25) is 0 Å². The molecule has 1 atom stereocenters. The number of aliphatic hydroxyl groups excluding tert-OH is 1. The summed E-state index contributed by atoms with van der Waals surface area (Å²) in [5.74, 6) is 0.285. The summed E-state index contributed by atoms with van der Waals surface area (Å²) >= 11 is 0. The summed E-state index contributed by atoms with van der Waals surface area (Å²) in [6.45, 7) is 5.21. The standard InChI is InChI=1S/C13H22N2O/c1-4-11-7-12(5-6-13(11)14)15(3)8-10(2)9-16/h5-7,10,16H,4,8-9,14H2,1-3H3. The topological polar surface area (TPSA) is 49.5 Å². The molecule has 90 valence electrons. The van der Waals surface area contributed by atoms with Gasteiger partial charge < -0.3 is 15.7 Å². The minimum atomic E-state index is 0.222. The number of aliphatic hydroxyl groups is 1. The first-order valence-electron chi connectivity index (χ1n) is 5.78. The molecule has 0 radical (unpaired) electrons. The SMILES string of the molecule is CCc1cc(N(C)CC(C)CO)ccc1N. The van der Waals surface area contributed by atoms with Gasteiger partial charge in [0.05, 0.1) is 0 Å². The minimum absolute atomic E-state index is 0.222. The van der Waals surface area contributed by atoms with E-state index >= 15 is 0 Å². The molecule has 0 aliphatic heterocycles. The fourth-order valence-electron chi connectivity index (χ4n) is 1.77. The van der Waals surface area contributed by atoms with Crippen molar-refractivity contribution in [2.75, 3.05) is 30.8 Å². The molecule has 16 heavy (non-hydrogen) atoms. The molecule has 1 aromatic carbocycles. The van der Waals surface area contributed by atoms with Gasteiger partial charge in [-0.2, -0.15) is 0 Å². The lowest BCUT2D eigenvalue weighted by Crippen LogP contribution is -2.25. The lowest BCUT2D eigenvalue weighted by Gasteiger charge is -2.23. The van der Waals surface area contributed by atoms with Gasteiger partial charge in [0.2, 0.25) is 0 Å². The Morgan fingerprint density at radius 3 is 2.69 bits per heavy atom. The fourth-order valence-corrected chi connectivity index (χ4v) is 1.77. The molecule has 1 aromatic rings. The second-order valence-corrected chi connectivity index (χ2v) is 4.40. The number of benzene rings is 1. The van der Waals surface area contributed by atoms with Crippen LogP contribution in [0.4, 0.5) is 11.4 Å². The molecule has 0 heterocycles. The summed E-state index contributed by atoms with van der Waals surface area (Å²) in [6.07, 6.45) is 0.947. The van der Waals surface area contributed by atoms with Gasteiger partial charge in [-0.1, -0.05) is 13.8 Å². The van der Waals surface area contributed by atoms with Gasteiger partial charge >= 0.3 is 0 Å². The van der Waals surface area contributed by atoms with E-state index in [9.17, 15) is 0 Å². The summed E-state index contributed by atoms with van der Waals surface area (Å²) in [4.78, 5) is 2.15. The predicted octanol–water partition coefficient (Wildman–Crippen LogP) is 1.90. The molecule has 0 aromatic heterocycles. The Balaban J connectivity index is 2.79. The van der Waals surface area contributed by atoms with Crippen molar-refractivity contribution in [2.24, 2.45) is 5.92 Å². The number of aryl methyl sites for hydroxylation is 1. The lowest BCUT2D eigenvalue weighted by atomic mass is 10.1. The van der Waals surface area contributed by atoms with Gasteiger partial charge in [0, 0.05) is 31.6 Å². The number of anilines is 2. The fraction of sp³-hybridized carbons (Fsp3) is 0.538. The van der Waals surface area contributed by atoms with Crippen molar-refractivity contribution >= 4 is 11.4 Å². The van der Waals surface area contributed by atoms with Crippen molar-refractivity contribution in [3.05, 3.63) is 23.8 Å². The third-order valence-corrected chi connectivity index (χ3v) is 2.85. The van der Waals surface area contributed by atoms with Crippen molar-refractivity contribution in [2.45, 2.75) is 20.3 Å². The zero-order chi connectivity index (χ0) is 12.1. The van der Waals surface area contributed by atoms with Crippen LogP contribution in [0.3, 0.4) is 0 Å². The quantitative estimate of drug-likeness (QED) is 0.748. The van der Waals surface area contributed by atoms with Crippen LogP contribution in [0.5, 0.6) is 0 Å². The van der Waals surface area contributed by atoms with Crippen LogP contribution >= 0.6 is 0 Å². The molecule has 3 N–H and O–H groups in total. The van der Waals surface area contributed by atoms with Crippen molar-refractivity contribution < 1.29 is 5.11 Å². The van der Waals surface area contributed by atoms with E-state index in [4.69, 9.17) is 10.8 Å². The summed E-state index contributed by atoms with van der Waals surface area (Å²) in [5.41, 5.74) is 9.07. The zero-order valence-corrected chi connectivity index (χ0v) is 10.4. The molecular weight excluding hydrogens is 200 g/mol. The maximum absolute atomic E-state index is 9.03. The molecule has 1 unspecified atom stereocenters. The van der Waals surface area contributed by atoms with Gasteiger partial charge in [-0.3, -0.25) is 0 Å². The summed E-state index contributed by atoms with van der Waals surface area (Å²) in [7, 11) is 2.04. The molecule has 0 fully saturated rings. The van der Waals surface area contributed by atoms with E-state index in [0.717, 1.165) is 24.3 Å². The van der Waals surface area contributed by atoms with Crippen molar-refractivity contribution in [1.29, 1.82) is 0 Å². The molecule has 0 bridgehead atoms. The maximum atomic E-state index is 9.03. The van der Waals surface area contributed by atoms with Crippen LogP contribution in [-0.2, 0) is 6.42 Å². The van der Waals surface area contributed by atoms with Gasteiger partial charge in [0.25, 0.3) is 0 Å². The maximum Gasteiger partial charge on any atom is 0.0473 e. The van der Waals surface area contributed by atoms with Crippen LogP contribution < -0.4 is 10.6 Å². The van der Waals surface area contributed by atoms with Crippen LogP contribution in [0.1, 0.15) is 19.4 Å². The average molecular weight is 222 g/mol. The van der Waals surface area contributed by atoms with Crippen molar-refractivity contribution in [3.8, 4) is 0 Å². The lowest BCUT2D eigenvalue weighted by molar-refractivity contribution is 0.240. The molecular formula is C13H22N2O. The largest absolute Gasteiger partial charge is 0.399 e. The Labute approximate surface area is 97.9 Å². The smallest absolute Gasteiger partial charge is 0.0473 e. The molecule has 3 nitrogen and oxygen atoms in total. The number of nitrogens with two attached hydrogens (primary N) is 1. The van der Waals surface area contributed by atoms with E-state index in [1.807, 2.05) is 26.1 Å². The third kappa shape index (κ3) is 3.14. The molecule has 0 aliphatic carbocycles. The van der Waals surface area contributed by atoms with E-state index in [2.05, 4.69) is 17.9 Å². The van der Waals surface area contributed by atoms with Gasteiger partial charge in [-0.15, -0.1) is 0 Å². The second kappa shape index (κ2) is 5.75. The van der Waals surface area contributed by atoms with Gasteiger partial charge in [0.15, 0.2) is 0 Å². The third-order valence-electron chi connectivity index (χ3n) is 2.85. The summed E-state index contributed by atoms with van der Waals surface area (Å²) < 4.78 is 0. The van der Waals surface area contributed by atoms with Crippen LogP contribution in [0, 0.1) is 5.92 Å². The van der Waals surface area contributed by atoms with E-state index in [1.165, 1.54) is 5.56 Å². The number of nitrogen functional groups attached to an aromatic ring is 1. The molecule has 0 aliphatic rings. The summed E-state index contributed by atoms with van der Waals surface area (Å²) in [5, 5.41) is 9.03. The Morgan fingerprint density at radius 2 is 2.12 bits per heavy atom. The molecule has 0 spiro atoms. The van der Waals surface area contributed by atoms with Crippen LogP contribution in [0.25, 0.3) is 0 Å². The zero-order valence-electron chi connectivity index (χ0n) is 10.4. The Morgan fingerprint density at radius 1 is 1.44 bits per heavy atom. The van der Waals surface area contributed by atoms with E-state index in [1.54, 1.807) is 0 Å². The monoisotopic (exact) mass is 222 g/mol. The van der Waals surface area contributed by atoms with Crippen molar-refractivity contribution in [3.63, 3.8) is 0 Å². The van der Waals surface area contributed by atoms with Crippen LogP contribution in [-0.4, -0.2) is 25.3 Å². The number of hydrogen-bond donors (Lipinski definition) is 2. The molecule has 0 saturated heterocycles. The summed E-state index contributed by atoms with van der Waals surface area (Å²) in [6, 6.07) is 6.10. The first kappa shape index (κ1) is 12.8. The first-order valence-corrected chi connectivity index (χ1v) is 5.78. The molecule has 1 rings (SSSR count). The number of hydrogen-bond acceptors (Lipinski definition) is 3. The normalized spacial score (nSPS) is 12.5. The van der Waals surface area contributed by atoms with E-state index in [-0.39, 0.29) is 12.5 Å². The Bertz CT molecular complexity index is 339. The highest BCUT2D eigenvalue weighted by atomic mass is 16.3. The highest BCUT2D eigenvalue weighted by molar-refractivity contribution is 5.58. The predicted molar refractivity (Wildman–Crippen MR) is 69.8 cm³/mol. The molecule has 3 heteroatoms. The van der Waals surface area contributed by atoms with Crippen molar-refractivity contribution in [1.82, 2.24) is 0 Å². The highest BCUT2D eigenvalue weighted by Gasteiger charge is 2.07. The van der Waals surface area contributed by atoms with Gasteiger partial charge in [-0.25, -0.2) is 0 Å². The average Bonchev–Trinajstić information content (AvgIpc) is 2.29. The molecule has 0 saturated carbocycles. The van der Waals surface area contributed by atoms with Crippen LogP contribution in [0.15, 0.2) is 18.2 Å². The second-order valence-electron chi connectivity index (χ2n) is 4.40. The van der Waals surface area contributed by atoms with Gasteiger partial charge in [0.1, 0.15) is 0 Å². The minimum Gasteiger partial charge on any atom is -0.399 e. The number of nitrogens with zero attached hydrogens (tertiary/aromatic N) is 1. The van der Waals surface area contributed by atoms with Gasteiger partial charge in [-0.05, 0) is 36.1 Å². The number of rotatable bonds is 5. The Hall–Kier alpha value is -1.22. The van der Waals surface area contributed by atoms with E-state index in [0.29, 0.717) is 0 Å². The molecule has 0 amide bonds. The van der Waals surface area contributed by atoms with E-state index < -0.39 is 0 Å².